The Labute approximate surface area is 109 Å². The van der Waals surface area contributed by atoms with Crippen molar-refractivity contribution >= 4 is 17.4 Å². The first-order chi connectivity index (χ1) is 8.66. The largest absolute Gasteiger partial charge is 0.391 e. The van der Waals surface area contributed by atoms with Crippen LogP contribution in [0.3, 0.4) is 0 Å². The monoisotopic (exact) mass is 265 g/mol. The summed E-state index contributed by atoms with van der Waals surface area (Å²) in [6.45, 7) is 2.62. The van der Waals surface area contributed by atoms with Crippen molar-refractivity contribution in [2.75, 3.05) is 6.54 Å². The van der Waals surface area contributed by atoms with E-state index in [9.17, 15) is 9.90 Å². The van der Waals surface area contributed by atoms with Crippen LogP contribution >= 0.6 is 11.5 Å². The highest BCUT2D eigenvalue weighted by molar-refractivity contribution is 7.07. The summed E-state index contributed by atoms with van der Waals surface area (Å²) in [5.74, 6) is 1.56. The van der Waals surface area contributed by atoms with E-state index in [1.807, 2.05) is 11.8 Å². The number of fused-ring (bicyclic) bond motifs is 1. The highest BCUT2D eigenvalue weighted by Gasteiger charge is 2.60. The molecule has 0 radical (unpaired) electrons. The fraction of sp³-hybridized carbons (Fsp3) is 0.750. The summed E-state index contributed by atoms with van der Waals surface area (Å²) >= 11 is 1.16. The molecule has 1 aromatic heterocycles. The Morgan fingerprint density at radius 2 is 2.28 bits per heavy atom. The Morgan fingerprint density at radius 1 is 1.44 bits per heavy atom. The third-order valence-electron chi connectivity index (χ3n) is 4.96. The highest BCUT2D eigenvalue weighted by Crippen LogP contribution is 2.55. The molecule has 5 atom stereocenters. The molecule has 1 N–H and O–H groups in total. The van der Waals surface area contributed by atoms with Gasteiger partial charge in [0, 0.05) is 6.54 Å². The topological polar surface area (TPSA) is 66.3 Å². The van der Waals surface area contributed by atoms with Crippen LogP contribution in [0.4, 0.5) is 0 Å². The van der Waals surface area contributed by atoms with E-state index in [1.54, 1.807) is 0 Å². The van der Waals surface area contributed by atoms with Crippen molar-refractivity contribution in [1.82, 2.24) is 14.5 Å². The number of aliphatic hydroxyl groups excluding tert-OH is 1. The van der Waals surface area contributed by atoms with Gasteiger partial charge in [-0.3, -0.25) is 4.79 Å². The number of aliphatic hydroxyl groups is 1. The maximum absolute atomic E-state index is 12.5. The van der Waals surface area contributed by atoms with E-state index in [0.29, 0.717) is 28.3 Å². The Kier molecular flexibility index (Phi) is 2.12. The smallest absolute Gasteiger partial charge is 0.267 e. The summed E-state index contributed by atoms with van der Waals surface area (Å²) in [6.07, 6.45) is 1.87. The average molecular weight is 265 g/mol. The number of likely N-dealkylation sites (tertiary alicyclic amines) is 1. The zero-order valence-electron chi connectivity index (χ0n) is 10.1. The van der Waals surface area contributed by atoms with Crippen LogP contribution in [0.1, 0.15) is 28.2 Å². The SMILES string of the molecule is Cc1nnsc1C(=O)N1CC2CC3CC2C1C3O. The Bertz CT molecular complexity index is 515. The van der Waals surface area contributed by atoms with Gasteiger partial charge in [0.1, 0.15) is 4.88 Å². The number of aryl methyl sites for hydroxylation is 1. The summed E-state index contributed by atoms with van der Waals surface area (Å²) in [7, 11) is 0. The standard InChI is InChI=1S/C12H15N3O2S/c1-5-11(18-14-13-5)12(17)15-4-7-2-6-3-8(7)9(15)10(6)16/h6-10,16H,2-4H2,1H3. The third-order valence-corrected chi connectivity index (χ3v) is 5.77. The molecule has 3 aliphatic rings. The molecule has 2 aliphatic carbocycles. The Hall–Kier alpha value is -1.01. The van der Waals surface area contributed by atoms with Gasteiger partial charge in [-0.2, -0.15) is 0 Å². The molecule has 0 spiro atoms. The first kappa shape index (κ1) is 10.9. The molecule has 3 fully saturated rings. The van der Waals surface area contributed by atoms with Crippen molar-refractivity contribution < 1.29 is 9.90 Å². The van der Waals surface area contributed by atoms with Gasteiger partial charge >= 0.3 is 0 Å². The Balaban J connectivity index is 1.67. The lowest BCUT2D eigenvalue weighted by atomic mass is 9.88. The van der Waals surface area contributed by atoms with Crippen molar-refractivity contribution in [3.8, 4) is 0 Å². The minimum atomic E-state index is -0.320. The molecule has 18 heavy (non-hydrogen) atoms. The molecule has 2 heterocycles. The van der Waals surface area contributed by atoms with Gasteiger partial charge < -0.3 is 10.0 Å². The minimum absolute atomic E-state index is 0.0154. The van der Waals surface area contributed by atoms with E-state index in [0.717, 1.165) is 30.9 Å². The summed E-state index contributed by atoms with van der Waals surface area (Å²) in [5.41, 5.74) is 0.702. The maximum Gasteiger partial charge on any atom is 0.267 e. The average Bonchev–Trinajstić information content (AvgIpc) is 3.01. The van der Waals surface area contributed by atoms with E-state index in [4.69, 9.17) is 0 Å². The van der Waals surface area contributed by atoms with Crippen LogP contribution in [0.5, 0.6) is 0 Å². The normalized spacial score (nSPS) is 40.8. The molecular weight excluding hydrogens is 250 g/mol. The Morgan fingerprint density at radius 3 is 2.94 bits per heavy atom. The number of hydrogen-bond donors (Lipinski definition) is 1. The van der Waals surface area contributed by atoms with Gasteiger partial charge in [-0.15, -0.1) is 5.10 Å². The van der Waals surface area contributed by atoms with Crippen LogP contribution in [0.25, 0.3) is 0 Å². The molecule has 96 valence electrons. The molecule has 2 saturated carbocycles. The zero-order valence-corrected chi connectivity index (χ0v) is 10.9. The van der Waals surface area contributed by atoms with Gasteiger partial charge in [-0.1, -0.05) is 4.49 Å². The summed E-state index contributed by atoms with van der Waals surface area (Å²) in [6, 6.07) is 0.0442. The number of nitrogens with zero attached hydrogens (tertiary/aromatic N) is 3. The fourth-order valence-electron chi connectivity index (χ4n) is 4.21. The molecule has 2 bridgehead atoms. The second-order valence-electron chi connectivity index (χ2n) is 5.78. The van der Waals surface area contributed by atoms with Gasteiger partial charge in [0.15, 0.2) is 0 Å². The van der Waals surface area contributed by atoms with E-state index in [-0.39, 0.29) is 18.1 Å². The lowest BCUT2D eigenvalue weighted by Crippen LogP contribution is -2.43. The van der Waals surface area contributed by atoms with Gasteiger partial charge in [0.05, 0.1) is 17.8 Å². The quantitative estimate of drug-likeness (QED) is 0.811. The van der Waals surface area contributed by atoms with Gasteiger partial charge in [-0.05, 0) is 49.1 Å². The van der Waals surface area contributed by atoms with Gasteiger partial charge in [-0.25, -0.2) is 0 Å². The zero-order chi connectivity index (χ0) is 12.4. The molecule has 1 saturated heterocycles. The van der Waals surface area contributed by atoms with Crippen LogP contribution < -0.4 is 0 Å². The van der Waals surface area contributed by atoms with Crippen LogP contribution in [0, 0.1) is 24.7 Å². The maximum atomic E-state index is 12.5. The van der Waals surface area contributed by atoms with Gasteiger partial charge in [0.25, 0.3) is 5.91 Å². The van der Waals surface area contributed by atoms with Crippen LogP contribution in [-0.2, 0) is 0 Å². The summed E-state index contributed by atoms with van der Waals surface area (Å²) in [4.78, 5) is 15.0. The van der Waals surface area contributed by atoms with Gasteiger partial charge in [0.2, 0.25) is 0 Å². The summed E-state index contributed by atoms with van der Waals surface area (Å²) < 4.78 is 3.83. The number of carbonyl (C=O) groups excluding carboxylic acids is 1. The molecule has 5 unspecified atom stereocenters. The molecule has 0 aromatic carbocycles. The summed E-state index contributed by atoms with van der Waals surface area (Å²) in [5, 5.41) is 14.2. The molecule has 1 aromatic rings. The van der Waals surface area contributed by atoms with Crippen molar-refractivity contribution in [1.29, 1.82) is 0 Å². The number of carbonyl (C=O) groups is 1. The fourth-order valence-corrected chi connectivity index (χ4v) is 4.82. The first-order valence-corrected chi connectivity index (χ1v) is 7.22. The van der Waals surface area contributed by atoms with Crippen molar-refractivity contribution in [3.63, 3.8) is 0 Å². The predicted octanol–water partition coefficient (Wildman–Crippen LogP) is 0.688. The van der Waals surface area contributed by atoms with Crippen LogP contribution in [0.15, 0.2) is 0 Å². The van der Waals surface area contributed by atoms with Crippen LogP contribution in [0.2, 0.25) is 0 Å². The van der Waals surface area contributed by atoms with Crippen molar-refractivity contribution in [2.45, 2.75) is 31.9 Å². The predicted molar refractivity (Wildman–Crippen MR) is 65.2 cm³/mol. The second kappa shape index (κ2) is 3.51. The van der Waals surface area contributed by atoms with E-state index >= 15 is 0 Å². The number of hydrogen-bond acceptors (Lipinski definition) is 5. The number of rotatable bonds is 1. The molecular formula is C12H15N3O2S. The molecule has 5 nitrogen and oxygen atoms in total. The van der Waals surface area contributed by atoms with Crippen molar-refractivity contribution in [3.05, 3.63) is 10.6 Å². The lowest BCUT2D eigenvalue weighted by molar-refractivity contribution is 0.0404. The highest BCUT2D eigenvalue weighted by atomic mass is 32.1. The molecule has 1 amide bonds. The van der Waals surface area contributed by atoms with E-state index in [1.165, 1.54) is 0 Å². The number of amides is 1. The number of aromatic nitrogens is 2. The molecule has 1 aliphatic heterocycles. The van der Waals surface area contributed by atoms with Crippen LogP contribution in [-0.4, -0.2) is 44.2 Å². The third kappa shape index (κ3) is 1.22. The van der Waals surface area contributed by atoms with E-state index in [2.05, 4.69) is 9.59 Å². The second-order valence-corrected chi connectivity index (χ2v) is 6.54. The van der Waals surface area contributed by atoms with E-state index < -0.39 is 0 Å². The van der Waals surface area contributed by atoms with Crippen molar-refractivity contribution in [2.24, 2.45) is 17.8 Å². The molecule has 6 heteroatoms. The molecule has 4 rings (SSSR count). The lowest BCUT2D eigenvalue weighted by Gasteiger charge is -2.28. The minimum Gasteiger partial charge on any atom is -0.391 e. The first-order valence-electron chi connectivity index (χ1n) is 6.45.